The van der Waals surface area contributed by atoms with E-state index in [4.69, 9.17) is 0 Å². The molecule has 2 nitrogen and oxygen atoms in total. The van der Waals surface area contributed by atoms with Crippen molar-refractivity contribution >= 4 is 10.9 Å². The number of alkyl halides is 3. The first kappa shape index (κ1) is 13.8. The lowest BCUT2D eigenvalue weighted by Gasteiger charge is -2.14. The molecule has 102 valence electrons. The van der Waals surface area contributed by atoms with Gasteiger partial charge in [0.15, 0.2) is 0 Å². The van der Waals surface area contributed by atoms with Crippen molar-refractivity contribution in [3.05, 3.63) is 41.1 Å². The third kappa shape index (κ3) is 3.23. The van der Waals surface area contributed by atoms with Gasteiger partial charge >= 0.3 is 6.18 Å². The van der Waals surface area contributed by atoms with E-state index in [2.05, 4.69) is 10.3 Å². The molecule has 1 heterocycles. The minimum atomic E-state index is -4.19. The Hall–Kier alpha value is -1.62. The first-order chi connectivity index (χ1) is 8.88. The van der Waals surface area contributed by atoms with E-state index < -0.39 is 12.7 Å². The van der Waals surface area contributed by atoms with Gasteiger partial charge in [0.2, 0.25) is 0 Å². The molecule has 0 saturated heterocycles. The summed E-state index contributed by atoms with van der Waals surface area (Å²) in [5.41, 5.74) is 3.48. The van der Waals surface area contributed by atoms with Gasteiger partial charge in [-0.15, -0.1) is 0 Å². The minimum absolute atomic E-state index is 0.190. The Morgan fingerprint density at radius 1 is 1.16 bits per heavy atom. The molecule has 0 saturated carbocycles. The summed E-state index contributed by atoms with van der Waals surface area (Å²) in [7, 11) is 0. The van der Waals surface area contributed by atoms with Crippen LogP contribution in [0, 0.1) is 13.8 Å². The average Bonchev–Trinajstić information content (AvgIpc) is 2.32. The van der Waals surface area contributed by atoms with Gasteiger partial charge < -0.3 is 5.32 Å². The first-order valence-corrected chi connectivity index (χ1v) is 6.01. The molecular weight excluding hydrogens is 253 g/mol. The van der Waals surface area contributed by atoms with Crippen LogP contribution >= 0.6 is 0 Å². The van der Waals surface area contributed by atoms with Crippen molar-refractivity contribution in [1.82, 2.24) is 10.3 Å². The summed E-state index contributed by atoms with van der Waals surface area (Å²) in [5, 5.41) is 3.35. The number of para-hydroxylation sites is 1. The van der Waals surface area contributed by atoms with Crippen LogP contribution in [0.2, 0.25) is 0 Å². The Labute approximate surface area is 109 Å². The molecule has 0 aliphatic carbocycles. The van der Waals surface area contributed by atoms with E-state index in [1.54, 1.807) is 0 Å². The number of aromatic nitrogens is 1. The topological polar surface area (TPSA) is 24.9 Å². The molecule has 1 aromatic carbocycles. The predicted molar refractivity (Wildman–Crippen MR) is 69.0 cm³/mol. The number of pyridine rings is 1. The summed E-state index contributed by atoms with van der Waals surface area (Å²) in [6.45, 7) is 2.96. The SMILES string of the molecule is Cc1nc2ccccc2c(CNCC(F)(F)F)c1C. The van der Waals surface area contributed by atoms with Gasteiger partial charge in [0, 0.05) is 17.6 Å². The minimum Gasteiger partial charge on any atom is -0.305 e. The van der Waals surface area contributed by atoms with Gasteiger partial charge in [0.1, 0.15) is 0 Å². The largest absolute Gasteiger partial charge is 0.401 e. The second-order valence-electron chi connectivity index (χ2n) is 4.54. The van der Waals surface area contributed by atoms with Crippen LogP contribution in [0.3, 0.4) is 0 Å². The maximum absolute atomic E-state index is 12.2. The van der Waals surface area contributed by atoms with Gasteiger partial charge in [-0.1, -0.05) is 18.2 Å². The van der Waals surface area contributed by atoms with Crippen molar-refractivity contribution in [1.29, 1.82) is 0 Å². The van der Waals surface area contributed by atoms with Crippen molar-refractivity contribution in [3.63, 3.8) is 0 Å². The van der Waals surface area contributed by atoms with Crippen LogP contribution in [0.1, 0.15) is 16.8 Å². The number of aryl methyl sites for hydroxylation is 1. The molecule has 0 atom stereocenters. The summed E-state index contributed by atoms with van der Waals surface area (Å²) in [6.07, 6.45) is -4.19. The number of halogens is 3. The predicted octanol–water partition coefficient (Wildman–Crippen LogP) is 3.50. The molecule has 1 aromatic heterocycles. The molecule has 0 radical (unpaired) electrons. The molecule has 0 amide bonds. The van der Waals surface area contributed by atoms with Gasteiger partial charge in [-0.05, 0) is 31.0 Å². The highest BCUT2D eigenvalue weighted by Gasteiger charge is 2.26. The van der Waals surface area contributed by atoms with E-state index in [-0.39, 0.29) is 6.54 Å². The number of hydrogen-bond donors (Lipinski definition) is 1. The Kier molecular flexibility index (Phi) is 3.75. The third-order valence-corrected chi connectivity index (χ3v) is 3.14. The lowest BCUT2D eigenvalue weighted by molar-refractivity contribution is -0.125. The van der Waals surface area contributed by atoms with Crippen LogP contribution in [0.5, 0.6) is 0 Å². The Morgan fingerprint density at radius 2 is 1.84 bits per heavy atom. The van der Waals surface area contributed by atoms with Gasteiger partial charge in [0.25, 0.3) is 0 Å². The lowest BCUT2D eigenvalue weighted by Crippen LogP contribution is -2.28. The van der Waals surface area contributed by atoms with Gasteiger partial charge in [0.05, 0.1) is 12.1 Å². The molecule has 2 rings (SSSR count). The van der Waals surface area contributed by atoms with Crippen molar-refractivity contribution in [2.24, 2.45) is 0 Å². The van der Waals surface area contributed by atoms with Gasteiger partial charge in [-0.25, -0.2) is 0 Å². The number of nitrogens with zero attached hydrogens (tertiary/aromatic N) is 1. The van der Waals surface area contributed by atoms with E-state index in [0.29, 0.717) is 0 Å². The fraction of sp³-hybridized carbons (Fsp3) is 0.357. The molecule has 0 aliphatic heterocycles. The molecule has 0 unspecified atom stereocenters. The van der Waals surface area contributed by atoms with E-state index in [1.807, 2.05) is 38.1 Å². The molecule has 0 spiro atoms. The second kappa shape index (κ2) is 5.17. The summed E-state index contributed by atoms with van der Waals surface area (Å²) in [6, 6.07) is 7.50. The summed E-state index contributed by atoms with van der Waals surface area (Å²) in [5.74, 6) is 0. The molecule has 0 fully saturated rings. The molecule has 0 aliphatic rings. The van der Waals surface area contributed by atoms with E-state index in [9.17, 15) is 13.2 Å². The van der Waals surface area contributed by atoms with Crippen molar-refractivity contribution in [2.45, 2.75) is 26.6 Å². The zero-order chi connectivity index (χ0) is 14.0. The maximum atomic E-state index is 12.2. The Morgan fingerprint density at radius 3 is 2.53 bits per heavy atom. The van der Waals surface area contributed by atoms with E-state index in [1.165, 1.54) is 0 Å². The number of fused-ring (bicyclic) bond motifs is 1. The zero-order valence-corrected chi connectivity index (χ0v) is 10.8. The maximum Gasteiger partial charge on any atom is 0.401 e. The average molecular weight is 268 g/mol. The fourth-order valence-electron chi connectivity index (χ4n) is 2.07. The highest BCUT2D eigenvalue weighted by Crippen LogP contribution is 2.23. The molecule has 19 heavy (non-hydrogen) atoms. The van der Waals surface area contributed by atoms with Crippen molar-refractivity contribution in [3.8, 4) is 0 Å². The van der Waals surface area contributed by atoms with Crippen LogP contribution in [0.15, 0.2) is 24.3 Å². The molecule has 2 aromatic rings. The molecular formula is C14H15F3N2. The summed E-state index contributed by atoms with van der Waals surface area (Å²) < 4.78 is 36.5. The first-order valence-electron chi connectivity index (χ1n) is 6.01. The highest BCUT2D eigenvalue weighted by atomic mass is 19.4. The van der Waals surface area contributed by atoms with Crippen LogP contribution in [-0.4, -0.2) is 17.7 Å². The fourth-order valence-corrected chi connectivity index (χ4v) is 2.07. The number of rotatable bonds is 3. The number of benzene rings is 1. The van der Waals surface area contributed by atoms with Crippen LogP contribution in [-0.2, 0) is 6.54 Å². The molecule has 0 bridgehead atoms. The van der Waals surface area contributed by atoms with Crippen LogP contribution in [0.25, 0.3) is 10.9 Å². The molecule has 5 heteroatoms. The van der Waals surface area contributed by atoms with Crippen molar-refractivity contribution in [2.75, 3.05) is 6.54 Å². The quantitative estimate of drug-likeness (QED) is 0.921. The third-order valence-electron chi connectivity index (χ3n) is 3.14. The van der Waals surface area contributed by atoms with Crippen LogP contribution < -0.4 is 5.32 Å². The summed E-state index contributed by atoms with van der Waals surface area (Å²) >= 11 is 0. The van der Waals surface area contributed by atoms with Crippen LogP contribution in [0.4, 0.5) is 13.2 Å². The highest BCUT2D eigenvalue weighted by molar-refractivity contribution is 5.83. The Balaban J connectivity index is 2.33. The van der Waals surface area contributed by atoms with E-state index in [0.717, 1.165) is 27.7 Å². The van der Waals surface area contributed by atoms with Gasteiger partial charge in [-0.2, -0.15) is 13.2 Å². The smallest absolute Gasteiger partial charge is 0.305 e. The second-order valence-corrected chi connectivity index (χ2v) is 4.54. The monoisotopic (exact) mass is 268 g/mol. The van der Waals surface area contributed by atoms with E-state index >= 15 is 0 Å². The van der Waals surface area contributed by atoms with Crippen molar-refractivity contribution < 1.29 is 13.2 Å². The Bertz CT molecular complexity index is 591. The zero-order valence-electron chi connectivity index (χ0n) is 10.8. The lowest BCUT2D eigenvalue weighted by atomic mass is 10.0. The molecule has 1 N–H and O–H groups in total. The normalized spacial score (nSPS) is 12.1. The van der Waals surface area contributed by atoms with Gasteiger partial charge in [-0.3, -0.25) is 4.98 Å². The standard InChI is InChI=1S/C14H15F3N2/c1-9-10(2)19-13-6-4-3-5-11(13)12(9)7-18-8-14(15,16)17/h3-6,18H,7-8H2,1-2H3. The summed E-state index contributed by atoms with van der Waals surface area (Å²) in [4.78, 5) is 4.44. The number of hydrogen-bond acceptors (Lipinski definition) is 2. The number of nitrogens with one attached hydrogen (secondary N) is 1.